The highest BCUT2D eigenvalue weighted by Gasteiger charge is 2.46. The molecule has 1 aromatic rings. The minimum atomic E-state index is -4.27. The lowest BCUT2D eigenvalue weighted by Gasteiger charge is -2.38. The van der Waals surface area contributed by atoms with E-state index in [0.29, 0.717) is 12.5 Å². The van der Waals surface area contributed by atoms with E-state index in [1.165, 1.54) is 12.1 Å². The summed E-state index contributed by atoms with van der Waals surface area (Å²) >= 11 is 0. The summed E-state index contributed by atoms with van der Waals surface area (Å²) in [7, 11) is 1.74. The molecule has 134 valence electrons. The van der Waals surface area contributed by atoms with E-state index in [9.17, 15) is 13.2 Å². The van der Waals surface area contributed by atoms with Crippen LogP contribution < -0.4 is 5.32 Å². The Bertz CT molecular complexity index is 538. The van der Waals surface area contributed by atoms with Crippen LogP contribution in [0, 0.1) is 11.3 Å². The van der Waals surface area contributed by atoms with E-state index >= 15 is 0 Å². The number of ether oxygens (including phenoxy) is 1. The van der Waals surface area contributed by atoms with Gasteiger partial charge in [0.1, 0.15) is 0 Å². The average molecular weight is 342 g/mol. The third-order valence-corrected chi connectivity index (χ3v) is 5.54. The second-order valence-electron chi connectivity index (χ2n) is 7.13. The number of nitrogens with zero attached hydrogens (tertiary/aromatic N) is 1. The van der Waals surface area contributed by atoms with Gasteiger partial charge in [0.2, 0.25) is 0 Å². The molecule has 1 unspecified atom stereocenters. The molecule has 2 aliphatic rings. The highest BCUT2D eigenvalue weighted by Crippen LogP contribution is 2.43. The molecule has 0 amide bonds. The van der Waals surface area contributed by atoms with Crippen molar-refractivity contribution >= 4 is 0 Å². The molecular weight excluding hydrogens is 317 g/mol. The number of hydrogen-bond donors (Lipinski definition) is 1. The van der Waals surface area contributed by atoms with Crippen molar-refractivity contribution in [1.29, 1.82) is 0 Å². The Labute approximate surface area is 141 Å². The predicted molar refractivity (Wildman–Crippen MR) is 86.6 cm³/mol. The predicted octanol–water partition coefficient (Wildman–Crippen LogP) is 3.15. The molecule has 24 heavy (non-hydrogen) atoms. The molecule has 1 atom stereocenters. The smallest absolute Gasteiger partial charge is 0.384 e. The van der Waals surface area contributed by atoms with Crippen LogP contribution in [0.1, 0.15) is 24.0 Å². The Balaban J connectivity index is 1.67. The van der Waals surface area contributed by atoms with Crippen molar-refractivity contribution in [2.75, 3.05) is 39.9 Å². The van der Waals surface area contributed by atoms with Gasteiger partial charge in [0, 0.05) is 32.7 Å². The normalized spacial score (nSPS) is 24.6. The molecule has 0 saturated carbocycles. The zero-order valence-electron chi connectivity index (χ0n) is 14.0. The van der Waals surface area contributed by atoms with Gasteiger partial charge in [-0.05, 0) is 49.0 Å². The summed E-state index contributed by atoms with van der Waals surface area (Å²) in [5, 5.41) is 3.42. The first-order chi connectivity index (χ1) is 11.4. The van der Waals surface area contributed by atoms with Crippen molar-refractivity contribution in [2.45, 2.75) is 25.6 Å². The lowest BCUT2D eigenvalue weighted by Crippen LogP contribution is -2.43. The molecular formula is C18H25F3N2O. The van der Waals surface area contributed by atoms with Gasteiger partial charge in [0.25, 0.3) is 0 Å². The van der Waals surface area contributed by atoms with E-state index in [4.69, 9.17) is 4.74 Å². The lowest BCUT2D eigenvalue weighted by molar-refractivity contribution is -0.137. The Kier molecular flexibility index (Phi) is 5.18. The maximum atomic E-state index is 12.7. The fraction of sp³-hybridized carbons (Fsp3) is 0.667. The first kappa shape index (κ1) is 17.7. The molecule has 1 aromatic carbocycles. The Hall–Kier alpha value is -1.11. The molecule has 2 heterocycles. The molecule has 0 aliphatic carbocycles. The molecule has 3 nitrogen and oxygen atoms in total. The monoisotopic (exact) mass is 342 g/mol. The van der Waals surface area contributed by atoms with E-state index < -0.39 is 11.7 Å². The largest absolute Gasteiger partial charge is 0.416 e. The number of nitrogens with one attached hydrogen (secondary N) is 1. The maximum Gasteiger partial charge on any atom is 0.416 e. The summed E-state index contributed by atoms with van der Waals surface area (Å²) in [6.07, 6.45) is -1.98. The molecule has 2 saturated heterocycles. The van der Waals surface area contributed by atoms with Gasteiger partial charge in [0.15, 0.2) is 0 Å². The van der Waals surface area contributed by atoms with Crippen molar-refractivity contribution in [3.63, 3.8) is 0 Å². The topological polar surface area (TPSA) is 24.5 Å². The van der Waals surface area contributed by atoms with Crippen molar-refractivity contribution in [1.82, 2.24) is 10.2 Å². The first-order valence-corrected chi connectivity index (χ1v) is 8.51. The third-order valence-electron chi connectivity index (χ3n) is 5.54. The number of likely N-dealkylation sites (tertiary alicyclic amines) is 1. The Morgan fingerprint density at radius 2 is 1.88 bits per heavy atom. The highest BCUT2D eigenvalue weighted by atomic mass is 19.4. The van der Waals surface area contributed by atoms with Crippen LogP contribution >= 0.6 is 0 Å². The number of halogens is 3. The molecule has 3 rings (SSSR count). The van der Waals surface area contributed by atoms with Gasteiger partial charge < -0.3 is 10.1 Å². The summed E-state index contributed by atoms with van der Waals surface area (Å²) in [5.41, 5.74) is 0.637. The first-order valence-electron chi connectivity index (χ1n) is 8.51. The Morgan fingerprint density at radius 3 is 2.46 bits per heavy atom. The Morgan fingerprint density at radius 1 is 1.21 bits per heavy atom. The number of benzene rings is 1. The van der Waals surface area contributed by atoms with E-state index in [1.807, 2.05) is 0 Å². The van der Waals surface area contributed by atoms with Crippen molar-refractivity contribution in [3.8, 4) is 0 Å². The fourth-order valence-corrected chi connectivity index (χ4v) is 4.24. The van der Waals surface area contributed by atoms with Crippen molar-refractivity contribution < 1.29 is 17.9 Å². The van der Waals surface area contributed by atoms with Crippen LogP contribution in [0.3, 0.4) is 0 Å². The summed E-state index contributed by atoms with van der Waals surface area (Å²) < 4.78 is 43.4. The molecule has 2 fully saturated rings. The van der Waals surface area contributed by atoms with Crippen molar-refractivity contribution in [3.05, 3.63) is 35.4 Å². The van der Waals surface area contributed by atoms with Crippen molar-refractivity contribution in [2.24, 2.45) is 11.3 Å². The summed E-state index contributed by atoms with van der Waals surface area (Å²) in [6, 6.07) is 5.56. The van der Waals surface area contributed by atoms with E-state index in [1.54, 1.807) is 19.2 Å². The number of piperidine rings is 1. The molecule has 1 N–H and O–H groups in total. The van der Waals surface area contributed by atoms with Gasteiger partial charge in [-0.3, -0.25) is 4.90 Å². The minimum Gasteiger partial charge on any atom is -0.384 e. The number of hydrogen-bond acceptors (Lipinski definition) is 3. The van der Waals surface area contributed by atoms with Gasteiger partial charge >= 0.3 is 6.18 Å². The molecule has 2 aliphatic heterocycles. The van der Waals surface area contributed by atoms with E-state index in [-0.39, 0.29) is 5.41 Å². The van der Waals surface area contributed by atoms with Crippen LogP contribution in [0.4, 0.5) is 13.2 Å². The second kappa shape index (κ2) is 7.02. The lowest BCUT2D eigenvalue weighted by atomic mass is 9.71. The quantitative estimate of drug-likeness (QED) is 0.910. The summed E-state index contributed by atoms with van der Waals surface area (Å²) in [4.78, 5) is 2.37. The summed E-state index contributed by atoms with van der Waals surface area (Å²) in [6.45, 7) is 5.48. The van der Waals surface area contributed by atoms with E-state index in [0.717, 1.165) is 51.2 Å². The zero-order chi connectivity index (χ0) is 17.2. The third kappa shape index (κ3) is 3.76. The number of rotatable bonds is 4. The van der Waals surface area contributed by atoms with Crippen LogP contribution in [0.15, 0.2) is 24.3 Å². The average Bonchev–Trinajstić information content (AvgIpc) is 2.85. The molecule has 6 heteroatoms. The summed E-state index contributed by atoms with van der Waals surface area (Å²) in [5.74, 6) is 0.499. The molecule has 0 aromatic heterocycles. The highest BCUT2D eigenvalue weighted by molar-refractivity contribution is 5.24. The molecule has 1 spiro atoms. The van der Waals surface area contributed by atoms with Gasteiger partial charge in [-0.25, -0.2) is 0 Å². The van der Waals surface area contributed by atoms with Crippen LogP contribution in [0.2, 0.25) is 0 Å². The van der Waals surface area contributed by atoms with Crippen LogP contribution in [-0.4, -0.2) is 44.8 Å². The SMILES string of the molecule is COCC1CN(Cc2ccc(C(F)(F)F)cc2)CC12CCNCC2. The minimum absolute atomic E-state index is 0.285. The standard InChI is InChI=1S/C18H25F3N2O/c1-24-12-16-11-23(13-17(16)6-8-22-9-7-17)10-14-2-4-15(5-3-14)18(19,20)21/h2-5,16,22H,6-13H2,1H3. The zero-order valence-corrected chi connectivity index (χ0v) is 14.0. The molecule has 0 bridgehead atoms. The van der Waals surface area contributed by atoms with Gasteiger partial charge in [-0.2, -0.15) is 13.2 Å². The second-order valence-corrected chi connectivity index (χ2v) is 7.13. The van der Waals surface area contributed by atoms with E-state index in [2.05, 4.69) is 10.2 Å². The number of methoxy groups -OCH3 is 1. The number of alkyl halides is 3. The van der Waals surface area contributed by atoms with Gasteiger partial charge in [0.05, 0.1) is 12.2 Å². The fourth-order valence-electron chi connectivity index (χ4n) is 4.24. The van der Waals surface area contributed by atoms with Crippen LogP contribution in [0.5, 0.6) is 0 Å². The maximum absolute atomic E-state index is 12.7. The van der Waals surface area contributed by atoms with Crippen LogP contribution in [-0.2, 0) is 17.5 Å². The van der Waals surface area contributed by atoms with Gasteiger partial charge in [-0.15, -0.1) is 0 Å². The van der Waals surface area contributed by atoms with Gasteiger partial charge in [-0.1, -0.05) is 12.1 Å². The van der Waals surface area contributed by atoms with Crippen LogP contribution in [0.25, 0.3) is 0 Å². The molecule has 0 radical (unpaired) electrons.